The fourth-order valence-electron chi connectivity index (χ4n) is 2.96. The number of hydrogen-bond donors (Lipinski definition) is 1. The normalized spacial score (nSPS) is 16.6. The Morgan fingerprint density at radius 1 is 1.15 bits per heavy atom. The summed E-state index contributed by atoms with van der Waals surface area (Å²) in [6, 6.07) is 8.28. The van der Waals surface area contributed by atoms with Crippen molar-refractivity contribution in [3.05, 3.63) is 45.6 Å². The first-order valence-electron chi connectivity index (χ1n) is 8.76. The summed E-state index contributed by atoms with van der Waals surface area (Å²) < 4.78 is 27.0. The molecule has 1 saturated heterocycles. The van der Waals surface area contributed by atoms with Crippen LogP contribution < -0.4 is 5.32 Å². The van der Waals surface area contributed by atoms with Crippen LogP contribution in [0.5, 0.6) is 0 Å². The maximum Gasteiger partial charge on any atom is 0.265 e. The Balaban J connectivity index is 1.71. The van der Waals surface area contributed by atoms with Gasteiger partial charge in [-0.3, -0.25) is 4.79 Å². The number of benzene rings is 1. The number of nitrogens with one attached hydrogen (secondary N) is 1. The molecule has 3 rings (SSSR count). The lowest BCUT2D eigenvalue weighted by molar-refractivity contribution is 0.103. The molecule has 0 radical (unpaired) electrons. The molecule has 0 saturated carbocycles. The van der Waals surface area contributed by atoms with Crippen molar-refractivity contribution in [1.29, 1.82) is 0 Å². The lowest BCUT2D eigenvalue weighted by Crippen LogP contribution is -2.37. The summed E-state index contributed by atoms with van der Waals surface area (Å²) in [5, 5.41) is 2.83. The van der Waals surface area contributed by atoms with Gasteiger partial charge in [0.1, 0.15) is 0 Å². The quantitative estimate of drug-likeness (QED) is 0.854. The minimum Gasteiger partial charge on any atom is -0.321 e. The van der Waals surface area contributed by atoms with Crippen molar-refractivity contribution in [2.24, 2.45) is 5.92 Å². The lowest BCUT2D eigenvalue weighted by atomic mass is 10.0. The Morgan fingerprint density at radius 3 is 2.31 bits per heavy atom. The van der Waals surface area contributed by atoms with Crippen LogP contribution in [0.3, 0.4) is 0 Å². The lowest BCUT2D eigenvalue weighted by Gasteiger charge is -2.29. The molecule has 26 heavy (non-hydrogen) atoms. The molecule has 2 heterocycles. The van der Waals surface area contributed by atoms with E-state index in [9.17, 15) is 13.2 Å². The van der Waals surface area contributed by atoms with E-state index in [1.165, 1.54) is 11.3 Å². The molecule has 7 heteroatoms. The number of thiophene rings is 1. The molecule has 1 aliphatic heterocycles. The average molecular weight is 393 g/mol. The number of nitrogens with zero attached hydrogens (tertiary/aromatic N) is 1. The van der Waals surface area contributed by atoms with Gasteiger partial charge in [0.05, 0.1) is 9.77 Å². The van der Waals surface area contributed by atoms with E-state index < -0.39 is 10.0 Å². The van der Waals surface area contributed by atoms with Gasteiger partial charge in [0.2, 0.25) is 10.0 Å². The highest BCUT2D eigenvalue weighted by Gasteiger charge is 2.27. The van der Waals surface area contributed by atoms with Crippen LogP contribution in [0, 0.1) is 19.8 Å². The molecule has 2 aromatic rings. The zero-order valence-corrected chi connectivity index (χ0v) is 16.9. The molecule has 140 valence electrons. The first kappa shape index (κ1) is 19.1. The number of anilines is 1. The second-order valence-corrected chi connectivity index (χ2v) is 10.1. The standard InChI is InChI=1S/C19H24N2O3S2/c1-13-8-10-21(11-9-13)26(23,24)17-6-4-16(5-7-17)20-19(22)18-12-14(2)15(3)25-18/h4-7,12-13H,8-11H2,1-3H3,(H,20,22). The SMILES string of the molecule is Cc1cc(C(=O)Nc2ccc(S(=O)(=O)N3CCC(C)CC3)cc2)sc1C. The minimum absolute atomic E-state index is 0.174. The van der Waals surface area contributed by atoms with Crippen molar-refractivity contribution >= 4 is 33.0 Å². The average Bonchev–Trinajstić information content (AvgIpc) is 2.95. The highest BCUT2D eigenvalue weighted by atomic mass is 32.2. The van der Waals surface area contributed by atoms with Gasteiger partial charge in [0.25, 0.3) is 5.91 Å². The molecule has 1 amide bonds. The Bertz CT molecular complexity index is 874. The summed E-state index contributed by atoms with van der Waals surface area (Å²) in [6.07, 6.45) is 1.79. The number of rotatable bonds is 4. The van der Waals surface area contributed by atoms with Gasteiger partial charge in [-0.2, -0.15) is 4.31 Å². The maximum atomic E-state index is 12.7. The van der Waals surface area contributed by atoms with Crippen molar-refractivity contribution in [2.45, 2.75) is 38.5 Å². The van der Waals surface area contributed by atoms with E-state index in [4.69, 9.17) is 0 Å². The van der Waals surface area contributed by atoms with Gasteiger partial charge in [-0.05, 0) is 68.5 Å². The van der Waals surface area contributed by atoms with Gasteiger partial charge >= 0.3 is 0 Å². The number of sulfonamides is 1. The number of carbonyl (C=O) groups is 1. The first-order valence-corrected chi connectivity index (χ1v) is 11.0. The van der Waals surface area contributed by atoms with E-state index >= 15 is 0 Å². The summed E-state index contributed by atoms with van der Waals surface area (Å²) in [4.78, 5) is 14.4. The topological polar surface area (TPSA) is 66.5 Å². The van der Waals surface area contributed by atoms with Gasteiger partial charge in [-0.1, -0.05) is 6.92 Å². The van der Waals surface area contributed by atoms with Crippen LogP contribution in [0.2, 0.25) is 0 Å². The number of piperidine rings is 1. The number of aryl methyl sites for hydroxylation is 2. The molecule has 0 spiro atoms. The highest BCUT2D eigenvalue weighted by molar-refractivity contribution is 7.89. The zero-order chi connectivity index (χ0) is 18.9. The van der Waals surface area contributed by atoms with Crippen molar-refractivity contribution in [2.75, 3.05) is 18.4 Å². The third-order valence-electron chi connectivity index (χ3n) is 4.88. The van der Waals surface area contributed by atoms with Gasteiger partial charge in [0.15, 0.2) is 0 Å². The van der Waals surface area contributed by atoms with Crippen LogP contribution in [0.4, 0.5) is 5.69 Å². The maximum absolute atomic E-state index is 12.7. The molecule has 0 unspecified atom stereocenters. The molecule has 0 aliphatic carbocycles. The van der Waals surface area contributed by atoms with Gasteiger partial charge in [-0.15, -0.1) is 11.3 Å². The van der Waals surface area contributed by atoms with E-state index in [1.54, 1.807) is 28.6 Å². The van der Waals surface area contributed by atoms with Crippen molar-refractivity contribution in [3.8, 4) is 0 Å². The molecule has 0 atom stereocenters. The molecular weight excluding hydrogens is 368 g/mol. The fourth-order valence-corrected chi connectivity index (χ4v) is 5.36. The Morgan fingerprint density at radius 2 is 1.77 bits per heavy atom. The second kappa shape index (κ2) is 7.50. The molecule has 1 aliphatic rings. The number of carbonyl (C=O) groups excluding carboxylic acids is 1. The largest absolute Gasteiger partial charge is 0.321 e. The zero-order valence-electron chi connectivity index (χ0n) is 15.3. The molecule has 1 N–H and O–H groups in total. The van der Waals surface area contributed by atoms with Crippen LogP contribution in [-0.4, -0.2) is 31.7 Å². The number of amides is 1. The van der Waals surface area contributed by atoms with Gasteiger partial charge in [-0.25, -0.2) is 8.42 Å². The highest BCUT2D eigenvalue weighted by Crippen LogP contribution is 2.25. The van der Waals surface area contributed by atoms with E-state index in [0.29, 0.717) is 29.6 Å². The smallest absolute Gasteiger partial charge is 0.265 e. The Labute approximate surface area is 159 Å². The predicted molar refractivity (Wildman–Crippen MR) is 105 cm³/mol. The van der Waals surface area contributed by atoms with E-state index in [-0.39, 0.29) is 10.8 Å². The monoisotopic (exact) mass is 392 g/mol. The minimum atomic E-state index is -3.46. The van der Waals surface area contributed by atoms with Crippen LogP contribution in [-0.2, 0) is 10.0 Å². The molecule has 1 aromatic carbocycles. The second-order valence-electron chi connectivity index (χ2n) is 6.91. The van der Waals surface area contributed by atoms with Crippen molar-refractivity contribution < 1.29 is 13.2 Å². The number of hydrogen-bond acceptors (Lipinski definition) is 4. The third-order valence-corrected chi connectivity index (χ3v) is 7.95. The van der Waals surface area contributed by atoms with Crippen molar-refractivity contribution in [1.82, 2.24) is 4.31 Å². The van der Waals surface area contributed by atoms with Gasteiger partial charge in [0, 0.05) is 23.7 Å². The Kier molecular flexibility index (Phi) is 5.50. The van der Waals surface area contributed by atoms with Crippen LogP contribution in [0.1, 0.15) is 39.9 Å². The summed E-state index contributed by atoms with van der Waals surface area (Å²) >= 11 is 1.45. The summed E-state index contributed by atoms with van der Waals surface area (Å²) in [7, 11) is -3.46. The predicted octanol–water partition coefficient (Wildman–Crippen LogP) is 4.04. The van der Waals surface area contributed by atoms with E-state index in [2.05, 4.69) is 12.2 Å². The molecule has 1 fully saturated rings. The summed E-state index contributed by atoms with van der Waals surface area (Å²) in [5.41, 5.74) is 1.68. The van der Waals surface area contributed by atoms with Crippen LogP contribution >= 0.6 is 11.3 Å². The summed E-state index contributed by atoms with van der Waals surface area (Å²) in [5.74, 6) is 0.399. The van der Waals surface area contributed by atoms with Crippen molar-refractivity contribution in [3.63, 3.8) is 0 Å². The fraction of sp³-hybridized carbons (Fsp3) is 0.421. The van der Waals surface area contributed by atoms with Crippen LogP contribution in [0.25, 0.3) is 0 Å². The van der Waals surface area contributed by atoms with Gasteiger partial charge < -0.3 is 5.32 Å². The molecule has 5 nitrogen and oxygen atoms in total. The van der Waals surface area contributed by atoms with E-state index in [1.807, 2.05) is 19.9 Å². The molecule has 0 bridgehead atoms. The summed E-state index contributed by atoms with van der Waals surface area (Å²) in [6.45, 7) is 7.25. The first-order chi connectivity index (χ1) is 12.3. The molecular formula is C19H24N2O3S2. The Hall–Kier alpha value is -1.70. The molecule has 1 aromatic heterocycles. The van der Waals surface area contributed by atoms with Crippen LogP contribution in [0.15, 0.2) is 35.2 Å². The van der Waals surface area contributed by atoms with E-state index in [0.717, 1.165) is 23.3 Å². The third kappa shape index (κ3) is 4.00.